The number of aromatic nitrogens is 3. The molecule has 26 heavy (non-hydrogen) atoms. The number of carbonyl (C=O) groups is 1. The van der Waals surface area contributed by atoms with Gasteiger partial charge in [-0.3, -0.25) is 14.6 Å². The lowest BCUT2D eigenvalue weighted by Crippen LogP contribution is -2.28. The standard InChI is InChI=1S/C14H14Cl2N6O4/c1-26-11-8(15)4-7(5-9(11)16)6-18-20-10(23)2-3-17-12-13(24)19-14(25)22-21-12/h4-6H,2-3H2,1H3,(H,17,21)(H,20,23)(H2,19,22,24,25)/b18-6+. The van der Waals surface area contributed by atoms with E-state index in [0.29, 0.717) is 21.4 Å². The summed E-state index contributed by atoms with van der Waals surface area (Å²) in [6.45, 7) is 0.115. The average Bonchev–Trinajstić information content (AvgIpc) is 2.56. The van der Waals surface area contributed by atoms with Crippen LogP contribution < -0.4 is 26.7 Å². The summed E-state index contributed by atoms with van der Waals surface area (Å²) in [5, 5.41) is 12.6. The fourth-order valence-corrected chi connectivity index (χ4v) is 2.50. The van der Waals surface area contributed by atoms with Crippen molar-refractivity contribution in [1.82, 2.24) is 20.6 Å². The Bertz CT molecular complexity index is 917. The zero-order chi connectivity index (χ0) is 19.1. The van der Waals surface area contributed by atoms with Crippen LogP contribution in [0.25, 0.3) is 0 Å². The molecule has 1 amide bonds. The number of methoxy groups -OCH3 is 1. The number of halogens is 2. The maximum Gasteiger partial charge on any atom is 0.342 e. The van der Waals surface area contributed by atoms with Gasteiger partial charge in [0.2, 0.25) is 11.7 Å². The Hall–Kier alpha value is -2.85. The number of anilines is 1. The van der Waals surface area contributed by atoms with Crippen LogP contribution in [-0.4, -0.2) is 41.0 Å². The lowest BCUT2D eigenvalue weighted by atomic mass is 10.2. The molecule has 138 valence electrons. The van der Waals surface area contributed by atoms with Gasteiger partial charge in [-0.05, 0) is 17.7 Å². The lowest BCUT2D eigenvalue weighted by molar-refractivity contribution is -0.120. The van der Waals surface area contributed by atoms with Crippen LogP contribution in [-0.2, 0) is 4.79 Å². The molecular weight excluding hydrogens is 387 g/mol. The van der Waals surface area contributed by atoms with Crippen LogP contribution in [0.1, 0.15) is 12.0 Å². The van der Waals surface area contributed by atoms with Crippen molar-refractivity contribution in [1.29, 1.82) is 0 Å². The Morgan fingerprint density at radius 3 is 2.65 bits per heavy atom. The molecule has 10 nitrogen and oxygen atoms in total. The van der Waals surface area contributed by atoms with Gasteiger partial charge in [-0.25, -0.2) is 15.3 Å². The number of hydrazone groups is 1. The second kappa shape index (κ2) is 9.02. The van der Waals surface area contributed by atoms with Crippen molar-refractivity contribution in [2.24, 2.45) is 5.10 Å². The van der Waals surface area contributed by atoms with Gasteiger partial charge in [-0.15, -0.1) is 5.10 Å². The molecule has 2 aromatic rings. The highest BCUT2D eigenvalue weighted by Crippen LogP contribution is 2.33. The molecule has 0 aliphatic carbocycles. The molecule has 0 saturated heterocycles. The van der Waals surface area contributed by atoms with E-state index in [1.165, 1.54) is 13.3 Å². The Morgan fingerprint density at radius 2 is 2.04 bits per heavy atom. The summed E-state index contributed by atoms with van der Waals surface area (Å²) < 4.78 is 5.03. The number of rotatable bonds is 7. The van der Waals surface area contributed by atoms with E-state index in [0.717, 1.165) is 0 Å². The maximum atomic E-state index is 11.7. The third kappa shape index (κ3) is 5.33. The second-order valence-corrected chi connectivity index (χ2v) is 5.66. The minimum Gasteiger partial charge on any atom is -0.494 e. The number of hydrogen-bond donors (Lipinski definition) is 4. The highest BCUT2D eigenvalue weighted by atomic mass is 35.5. The van der Waals surface area contributed by atoms with Crippen molar-refractivity contribution >= 4 is 41.1 Å². The van der Waals surface area contributed by atoms with Crippen LogP contribution in [0.3, 0.4) is 0 Å². The van der Waals surface area contributed by atoms with Crippen LogP contribution in [0.5, 0.6) is 5.75 Å². The third-order valence-corrected chi connectivity index (χ3v) is 3.55. The molecule has 0 saturated carbocycles. The first-order valence-electron chi connectivity index (χ1n) is 7.18. The van der Waals surface area contributed by atoms with E-state index in [-0.39, 0.29) is 18.8 Å². The molecule has 12 heteroatoms. The summed E-state index contributed by atoms with van der Waals surface area (Å²) in [6, 6.07) is 3.16. The molecule has 4 N–H and O–H groups in total. The summed E-state index contributed by atoms with van der Waals surface area (Å²) in [5.41, 5.74) is 1.49. The molecule has 1 aromatic carbocycles. The lowest BCUT2D eigenvalue weighted by Gasteiger charge is -2.06. The predicted octanol–water partition coefficient (Wildman–Crippen LogP) is 0.726. The van der Waals surface area contributed by atoms with E-state index >= 15 is 0 Å². The highest BCUT2D eigenvalue weighted by Gasteiger charge is 2.08. The molecule has 0 atom stereocenters. The fourth-order valence-electron chi connectivity index (χ4n) is 1.85. The second-order valence-electron chi connectivity index (χ2n) is 4.84. The molecule has 0 fully saturated rings. The Kier molecular flexibility index (Phi) is 6.75. The molecule has 0 unspecified atom stereocenters. The van der Waals surface area contributed by atoms with Crippen molar-refractivity contribution in [3.63, 3.8) is 0 Å². The van der Waals surface area contributed by atoms with Gasteiger partial charge in [0.15, 0.2) is 5.75 Å². The van der Waals surface area contributed by atoms with Crippen LogP contribution in [0.4, 0.5) is 5.82 Å². The fraction of sp³-hybridized carbons (Fsp3) is 0.214. The maximum absolute atomic E-state index is 11.7. The van der Waals surface area contributed by atoms with E-state index < -0.39 is 17.2 Å². The minimum absolute atomic E-state index is 0.0156. The zero-order valence-corrected chi connectivity index (χ0v) is 14.9. The molecule has 0 spiro atoms. The molecule has 0 aliphatic rings. The number of hydrogen-bond acceptors (Lipinski definition) is 7. The number of nitrogens with zero attached hydrogens (tertiary/aromatic N) is 2. The van der Waals surface area contributed by atoms with Gasteiger partial charge >= 0.3 is 5.69 Å². The van der Waals surface area contributed by atoms with Gasteiger partial charge in [0.1, 0.15) is 0 Å². The summed E-state index contributed by atoms with van der Waals surface area (Å²) in [6.07, 6.45) is 1.39. The number of nitrogens with one attached hydrogen (secondary N) is 4. The molecule has 0 aliphatic heterocycles. The van der Waals surface area contributed by atoms with E-state index in [4.69, 9.17) is 27.9 Å². The largest absolute Gasteiger partial charge is 0.494 e. The van der Waals surface area contributed by atoms with Gasteiger partial charge in [-0.2, -0.15) is 5.10 Å². The molecule has 1 aromatic heterocycles. The number of aromatic amines is 2. The molecule has 0 bridgehead atoms. The smallest absolute Gasteiger partial charge is 0.342 e. The first kappa shape index (κ1) is 19.5. The van der Waals surface area contributed by atoms with E-state index in [1.54, 1.807) is 12.1 Å². The van der Waals surface area contributed by atoms with Crippen molar-refractivity contribution in [3.8, 4) is 5.75 Å². The van der Waals surface area contributed by atoms with E-state index in [2.05, 4.69) is 26.0 Å². The monoisotopic (exact) mass is 400 g/mol. The average molecular weight is 401 g/mol. The summed E-state index contributed by atoms with van der Waals surface area (Å²) in [4.78, 5) is 35.9. The van der Waals surface area contributed by atoms with Crippen molar-refractivity contribution in [2.75, 3.05) is 19.0 Å². The van der Waals surface area contributed by atoms with Crippen LogP contribution >= 0.6 is 23.2 Å². The Labute approximate surface area is 156 Å². The van der Waals surface area contributed by atoms with Gasteiger partial charge in [0.05, 0.1) is 23.4 Å². The number of amides is 1. The quantitative estimate of drug-likeness (QED) is 0.398. The van der Waals surface area contributed by atoms with Crippen LogP contribution in [0, 0.1) is 0 Å². The number of benzene rings is 1. The third-order valence-electron chi connectivity index (χ3n) is 2.98. The minimum atomic E-state index is -0.716. The van der Waals surface area contributed by atoms with Gasteiger partial charge in [-0.1, -0.05) is 23.2 Å². The van der Waals surface area contributed by atoms with E-state index in [1.807, 2.05) is 4.98 Å². The van der Waals surface area contributed by atoms with Crippen molar-refractivity contribution in [3.05, 3.63) is 48.6 Å². The molecule has 2 rings (SSSR count). The van der Waals surface area contributed by atoms with Crippen molar-refractivity contribution in [2.45, 2.75) is 6.42 Å². The number of H-pyrrole nitrogens is 2. The number of ether oxygens (including phenoxy) is 1. The number of carbonyl (C=O) groups excluding carboxylic acids is 1. The van der Waals surface area contributed by atoms with Crippen molar-refractivity contribution < 1.29 is 9.53 Å². The van der Waals surface area contributed by atoms with Crippen LogP contribution in [0.15, 0.2) is 26.8 Å². The summed E-state index contributed by atoms with van der Waals surface area (Å²) in [5.74, 6) is -0.143. The normalized spacial score (nSPS) is 10.7. The van der Waals surface area contributed by atoms with E-state index in [9.17, 15) is 14.4 Å². The first-order valence-corrected chi connectivity index (χ1v) is 7.94. The van der Waals surface area contributed by atoms with Crippen LogP contribution in [0.2, 0.25) is 10.0 Å². The SMILES string of the molecule is COc1c(Cl)cc(/C=N/NC(=O)CCNc2n[nH]c(=O)[nH]c2=O)cc1Cl. The van der Waals surface area contributed by atoms with Gasteiger partial charge in [0, 0.05) is 13.0 Å². The van der Waals surface area contributed by atoms with Gasteiger partial charge in [0.25, 0.3) is 5.56 Å². The topological polar surface area (TPSA) is 141 Å². The highest BCUT2D eigenvalue weighted by molar-refractivity contribution is 6.37. The Morgan fingerprint density at radius 1 is 1.35 bits per heavy atom. The predicted molar refractivity (Wildman–Crippen MR) is 97.3 cm³/mol. The molecular formula is C14H14Cl2N6O4. The molecule has 0 radical (unpaired) electrons. The molecule has 1 heterocycles. The first-order chi connectivity index (χ1) is 12.4. The summed E-state index contributed by atoms with van der Waals surface area (Å²) >= 11 is 12.0. The summed E-state index contributed by atoms with van der Waals surface area (Å²) in [7, 11) is 1.45. The Balaban J connectivity index is 1.84. The zero-order valence-electron chi connectivity index (χ0n) is 13.4. The van der Waals surface area contributed by atoms with Gasteiger partial charge < -0.3 is 10.1 Å².